The molecule has 0 saturated carbocycles. The number of hydrogen-bond donors (Lipinski definition) is 2. The first-order valence-electron chi connectivity index (χ1n) is 8.42. The van der Waals surface area contributed by atoms with E-state index < -0.39 is 0 Å². The number of rotatable bonds is 9. The lowest BCUT2D eigenvalue weighted by Gasteiger charge is -2.07. The van der Waals surface area contributed by atoms with Crippen molar-refractivity contribution in [2.24, 2.45) is 0 Å². The zero-order valence-corrected chi connectivity index (χ0v) is 14.5. The largest absolute Gasteiger partial charge is 0.497 e. The fraction of sp³-hybridized carbons (Fsp3) is 0.263. The molecule has 7 nitrogen and oxygen atoms in total. The number of ether oxygens (including phenoxy) is 2. The van der Waals surface area contributed by atoms with Gasteiger partial charge in [0.15, 0.2) is 5.58 Å². The summed E-state index contributed by atoms with van der Waals surface area (Å²) in [5.41, 5.74) is 6.67. The zero-order chi connectivity index (χ0) is 18.2. The minimum atomic E-state index is -0.128. The lowest BCUT2D eigenvalue weighted by atomic mass is 10.2. The van der Waals surface area contributed by atoms with Gasteiger partial charge in [-0.15, -0.1) is 0 Å². The van der Waals surface area contributed by atoms with Crippen molar-refractivity contribution in [3.63, 3.8) is 0 Å². The average Bonchev–Trinajstić information content (AvgIpc) is 3.09. The highest BCUT2D eigenvalue weighted by Crippen LogP contribution is 2.18. The van der Waals surface area contributed by atoms with Crippen LogP contribution in [0.2, 0.25) is 0 Å². The van der Waals surface area contributed by atoms with Crippen LogP contribution in [-0.4, -0.2) is 24.6 Å². The third kappa shape index (κ3) is 4.89. The van der Waals surface area contributed by atoms with Crippen molar-refractivity contribution >= 4 is 23.0 Å². The van der Waals surface area contributed by atoms with Crippen LogP contribution in [0, 0.1) is 0 Å². The van der Waals surface area contributed by atoms with E-state index in [0.29, 0.717) is 18.6 Å². The summed E-state index contributed by atoms with van der Waals surface area (Å²) >= 11 is 0. The highest BCUT2D eigenvalue weighted by atomic mass is 16.5. The summed E-state index contributed by atoms with van der Waals surface area (Å²) in [6, 6.07) is 15.1. The molecule has 0 fully saturated rings. The maximum Gasteiger partial charge on any atom is 0.315 e. The second-order valence-corrected chi connectivity index (χ2v) is 5.64. The van der Waals surface area contributed by atoms with Gasteiger partial charge in [0.25, 0.3) is 0 Å². The monoisotopic (exact) mass is 355 g/mol. The van der Waals surface area contributed by atoms with E-state index in [9.17, 15) is 4.79 Å². The summed E-state index contributed by atoms with van der Waals surface area (Å²) in [4.78, 5) is 16.1. The quantitative estimate of drug-likeness (QED) is 0.451. The first kappa shape index (κ1) is 17.6. The number of methoxy groups -OCH3 is 1. The standard InChI is InChI=1S/C19H21N3O4/c1-24-14-9-11-15(12-10-14)25-13-5-4-8-18(23)21-22-19-20-16-6-2-3-7-17(16)26-19/h2-3,6-7,9-12H,4-5,8,13H2,1H3,(H,20,22)(H,21,23). The van der Waals surface area contributed by atoms with E-state index in [2.05, 4.69) is 15.8 Å². The number of fused-ring (bicyclic) bond motifs is 1. The van der Waals surface area contributed by atoms with Gasteiger partial charge in [-0.1, -0.05) is 12.1 Å². The number of aromatic nitrogens is 1. The molecule has 136 valence electrons. The molecule has 2 aromatic carbocycles. The molecule has 1 amide bonds. The van der Waals surface area contributed by atoms with Crippen LogP contribution in [-0.2, 0) is 4.79 Å². The third-order valence-corrected chi connectivity index (χ3v) is 3.73. The van der Waals surface area contributed by atoms with Gasteiger partial charge in [-0.3, -0.25) is 15.6 Å². The average molecular weight is 355 g/mol. The van der Waals surface area contributed by atoms with Crippen molar-refractivity contribution in [1.29, 1.82) is 0 Å². The number of carbonyl (C=O) groups excluding carboxylic acids is 1. The van der Waals surface area contributed by atoms with E-state index in [-0.39, 0.29) is 11.9 Å². The molecule has 0 aliphatic heterocycles. The van der Waals surface area contributed by atoms with Crippen LogP contribution in [0.25, 0.3) is 11.1 Å². The van der Waals surface area contributed by atoms with Crippen LogP contribution in [0.3, 0.4) is 0 Å². The molecule has 0 unspecified atom stereocenters. The van der Waals surface area contributed by atoms with E-state index in [1.807, 2.05) is 48.5 Å². The van der Waals surface area contributed by atoms with Crippen molar-refractivity contribution < 1.29 is 18.7 Å². The molecule has 3 aromatic rings. The van der Waals surface area contributed by atoms with Gasteiger partial charge in [0, 0.05) is 6.42 Å². The molecule has 26 heavy (non-hydrogen) atoms. The third-order valence-electron chi connectivity index (χ3n) is 3.73. The molecule has 7 heteroatoms. The molecule has 0 saturated heterocycles. The summed E-state index contributed by atoms with van der Waals surface area (Å²) in [6.45, 7) is 0.554. The van der Waals surface area contributed by atoms with Gasteiger partial charge < -0.3 is 13.9 Å². The number of hydrogen-bond acceptors (Lipinski definition) is 6. The van der Waals surface area contributed by atoms with Crippen molar-refractivity contribution in [3.8, 4) is 11.5 Å². The number of nitrogens with zero attached hydrogens (tertiary/aromatic N) is 1. The number of para-hydroxylation sites is 2. The fourth-order valence-electron chi connectivity index (χ4n) is 2.36. The predicted octanol–water partition coefficient (Wildman–Crippen LogP) is 3.53. The first-order chi connectivity index (χ1) is 12.7. The summed E-state index contributed by atoms with van der Waals surface area (Å²) in [6.07, 6.45) is 1.89. The predicted molar refractivity (Wildman–Crippen MR) is 98.1 cm³/mol. The van der Waals surface area contributed by atoms with Gasteiger partial charge in [-0.05, 0) is 49.2 Å². The smallest absolute Gasteiger partial charge is 0.315 e. The van der Waals surface area contributed by atoms with Crippen LogP contribution in [0.15, 0.2) is 52.9 Å². The molecule has 0 spiro atoms. The molecule has 0 aliphatic carbocycles. The minimum Gasteiger partial charge on any atom is -0.497 e. The van der Waals surface area contributed by atoms with Crippen molar-refractivity contribution in [3.05, 3.63) is 48.5 Å². The van der Waals surface area contributed by atoms with Crippen LogP contribution in [0.4, 0.5) is 6.01 Å². The summed E-state index contributed by atoms with van der Waals surface area (Å²) in [5, 5.41) is 0. The van der Waals surface area contributed by atoms with Gasteiger partial charge in [0.2, 0.25) is 5.91 Å². The second kappa shape index (κ2) is 8.75. The molecular weight excluding hydrogens is 334 g/mol. The lowest BCUT2D eigenvalue weighted by molar-refractivity contribution is -0.120. The molecule has 0 atom stereocenters. The first-order valence-corrected chi connectivity index (χ1v) is 8.42. The Bertz CT molecular complexity index is 812. The Hall–Kier alpha value is -3.22. The van der Waals surface area contributed by atoms with Gasteiger partial charge in [-0.2, -0.15) is 4.98 Å². The van der Waals surface area contributed by atoms with E-state index >= 15 is 0 Å². The SMILES string of the molecule is COc1ccc(OCCCCC(=O)NNc2nc3ccccc3o2)cc1. The number of anilines is 1. The second-order valence-electron chi connectivity index (χ2n) is 5.64. The molecule has 1 aromatic heterocycles. The van der Waals surface area contributed by atoms with Gasteiger partial charge in [-0.25, -0.2) is 0 Å². The summed E-state index contributed by atoms with van der Waals surface area (Å²) < 4.78 is 16.2. The Labute approximate surface area is 151 Å². The number of carbonyl (C=O) groups is 1. The lowest BCUT2D eigenvalue weighted by Crippen LogP contribution is -2.29. The Kier molecular flexibility index (Phi) is 5.92. The Morgan fingerprint density at radius 3 is 2.62 bits per heavy atom. The molecule has 3 rings (SSSR count). The van der Waals surface area contributed by atoms with Crippen LogP contribution in [0.1, 0.15) is 19.3 Å². The van der Waals surface area contributed by atoms with Crippen molar-refractivity contribution in [2.45, 2.75) is 19.3 Å². The molecule has 0 bridgehead atoms. The number of hydrazine groups is 1. The number of oxazole rings is 1. The normalized spacial score (nSPS) is 10.5. The molecule has 0 radical (unpaired) electrons. The molecule has 2 N–H and O–H groups in total. The molecule has 0 aliphatic rings. The maximum atomic E-state index is 11.8. The van der Waals surface area contributed by atoms with Crippen LogP contribution < -0.4 is 20.3 Å². The zero-order valence-electron chi connectivity index (χ0n) is 14.5. The number of amides is 1. The van der Waals surface area contributed by atoms with E-state index in [4.69, 9.17) is 13.9 Å². The van der Waals surface area contributed by atoms with E-state index in [0.717, 1.165) is 29.9 Å². The van der Waals surface area contributed by atoms with E-state index in [1.165, 1.54) is 0 Å². The fourth-order valence-corrected chi connectivity index (χ4v) is 2.36. The Morgan fingerprint density at radius 2 is 1.85 bits per heavy atom. The van der Waals surface area contributed by atoms with Crippen LogP contribution >= 0.6 is 0 Å². The molecular formula is C19H21N3O4. The summed E-state index contributed by atoms with van der Waals surface area (Å²) in [7, 11) is 1.63. The molecule has 1 heterocycles. The Morgan fingerprint density at radius 1 is 1.08 bits per heavy atom. The van der Waals surface area contributed by atoms with E-state index in [1.54, 1.807) is 7.11 Å². The van der Waals surface area contributed by atoms with Gasteiger partial charge >= 0.3 is 6.01 Å². The van der Waals surface area contributed by atoms with Gasteiger partial charge in [0.05, 0.1) is 13.7 Å². The minimum absolute atomic E-state index is 0.128. The highest BCUT2D eigenvalue weighted by Gasteiger charge is 2.06. The number of unbranched alkanes of at least 4 members (excludes halogenated alkanes) is 1. The Balaban J connectivity index is 1.31. The van der Waals surface area contributed by atoms with Crippen molar-refractivity contribution in [2.75, 3.05) is 19.1 Å². The highest BCUT2D eigenvalue weighted by molar-refractivity contribution is 5.78. The summed E-state index contributed by atoms with van der Waals surface area (Å²) in [5.74, 6) is 1.45. The maximum absolute atomic E-state index is 11.8. The number of benzene rings is 2. The van der Waals surface area contributed by atoms with Crippen LogP contribution in [0.5, 0.6) is 11.5 Å². The topological polar surface area (TPSA) is 85.6 Å². The van der Waals surface area contributed by atoms with Gasteiger partial charge in [0.1, 0.15) is 17.0 Å². The number of nitrogens with one attached hydrogen (secondary N) is 2. The van der Waals surface area contributed by atoms with Crippen molar-refractivity contribution in [1.82, 2.24) is 10.4 Å².